The van der Waals surface area contributed by atoms with Crippen molar-refractivity contribution in [1.29, 1.82) is 0 Å². The molecule has 0 spiro atoms. The molecule has 0 saturated carbocycles. The second kappa shape index (κ2) is 4.67. The predicted octanol–water partition coefficient (Wildman–Crippen LogP) is 2.69. The number of hydrogen-bond donors (Lipinski definition) is 0. The fraction of sp³-hybridized carbons (Fsp3) is 0.600. The first-order valence-corrected chi connectivity index (χ1v) is 10.3. The maximum absolute atomic E-state index is 2.26. The van der Waals surface area contributed by atoms with Crippen LogP contribution < -0.4 is 0 Å². The van der Waals surface area contributed by atoms with Gasteiger partial charge < -0.3 is 0 Å². The van der Waals surface area contributed by atoms with Crippen molar-refractivity contribution in [3.8, 4) is 0 Å². The van der Waals surface area contributed by atoms with Gasteiger partial charge in [0, 0.05) is 0 Å². The summed E-state index contributed by atoms with van der Waals surface area (Å²) in [5.74, 6) is 0. The van der Waals surface area contributed by atoms with Crippen molar-refractivity contribution in [1.82, 2.24) is 0 Å². The molecule has 0 atom stereocenters. The summed E-state index contributed by atoms with van der Waals surface area (Å²) in [5, 5.41) is 0. The molecule has 0 bridgehead atoms. The summed E-state index contributed by atoms with van der Waals surface area (Å²) in [6.45, 7) is 9.06. The maximum atomic E-state index is 2.26. The Morgan fingerprint density at radius 1 is 0.833 bits per heavy atom. The molecule has 12 heavy (non-hydrogen) atoms. The first-order valence-electron chi connectivity index (χ1n) is 4.28. The first-order chi connectivity index (χ1) is 5.61. The molecule has 1 aliphatic heterocycles. The van der Waals surface area contributed by atoms with E-state index in [9.17, 15) is 0 Å². The zero-order valence-corrected chi connectivity index (χ0v) is 11.7. The molecule has 0 aliphatic carbocycles. The molecule has 1 rings (SSSR count). The summed E-state index contributed by atoms with van der Waals surface area (Å²) < 4.78 is 3.57. The van der Waals surface area contributed by atoms with Gasteiger partial charge in [-0.25, -0.2) is 0 Å². The van der Waals surface area contributed by atoms with Gasteiger partial charge in [-0.2, -0.15) is 0 Å². The van der Waals surface area contributed by atoms with Crippen LogP contribution in [0.15, 0.2) is 20.1 Å². The minimum atomic E-state index is 0.830. The molecule has 1 fully saturated rings. The molecule has 0 amide bonds. The van der Waals surface area contributed by atoms with E-state index in [1.807, 2.05) is 0 Å². The van der Waals surface area contributed by atoms with Crippen molar-refractivity contribution < 1.29 is 0 Å². The summed E-state index contributed by atoms with van der Waals surface area (Å²) in [6, 6.07) is 0. The standard InChI is InChI=1S/C10H16Se2/c1-7(2)9-5-6-10(8(3)4)12-11-9/h5-6H2,1-4H3. The summed E-state index contributed by atoms with van der Waals surface area (Å²) in [7, 11) is 0. The SMILES string of the molecule is CC(C)=C1CCC(=C(C)C)[Se][Se]1. The van der Waals surface area contributed by atoms with E-state index in [0.717, 1.165) is 26.3 Å². The fourth-order valence-electron chi connectivity index (χ4n) is 1.08. The van der Waals surface area contributed by atoms with Crippen LogP contribution in [0.1, 0.15) is 40.5 Å². The molecule has 0 N–H and O–H groups in total. The Bertz CT molecular complexity index is 190. The number of hydrogen-bond acceptors (Lipinski definition) is 0. The van der Waals surface area contributed by atoms with Crippen LogP contribution in [-0.2, 0) is 0 Å². The van der Waals surface area contributed by atoms with Crippen LogP contribution >= 0.6 is 0 Å². The van der Waals surface area contributed by atoms with Crippen LogP contribution in [0.2, 0.25) is 0 Å². The second-order valence-corrected chi connectivity index (χ2v) is 9.91. The average Bonchev–Trinajstić information content (AvgIpc) is 2.04. The minimum absolute atomic E-state index is 0.830. The Kier molecular flexibility index (Phi) is 4.13. The van der Waals surface area contributed by atoms with Gasteiger partial charge >= 0.3 is 86.9 Å². The summed E-state index contributed by atoms with van der Waals surface area (Å²) in [5.41, 5.74) is 3.18. The van der Waals surface area contributed by atoms with Crippen LogP contribution in [0, 0.1) is 0 Å². The van der Waals surface area contributed by atoms with E-state index >= 15 is 0 Å². The first kappa shape index (κ1) is 10.6. The molecular formula is C10H16Se2. The van der Waals surface area contributed by atoms with Crippen molar-refractivity contribution in [2.75, 3.05) is 0 Å². The second-order valence-electron chi connectivity index (χ2n) is 3.51. The van der Waals surface area contributed by atoms with E-state index in [-0.39, 0.29) is 0 Å². The molecular weight excluding hydrogens is 278 g/mol. The third-order valence-corrected chi connectivity index (χ3v) is 10.8. The van der Waals surface area contributed by atoms with Crippen molar-refractivity contribution in [2.45, 2.75) is 40.5 Å². The number of rotatable bonds is 0. The molecule has 0 aromatic rings. The van der Waals surface area contributed by atoms with Gasteiger partial charge in [-0.15, -0.1) is 0 Å². The van der Waals surface area contributed by atoms with E-state index in [0.29, 0.717) is 0 Å². The van der Waals surface area contributed by atoms with Crippen molar-refractivity contribution in [3.05, 3.63) is 20.1 Å². The predicted molar refractivity (Wildman–Crippen MR) is 57.5 cm³/mol. The zero-order chi connectivity index (χ0) is 9.14. The molecule has 0 radical (unpaired) electrons. The van der Waals surface area contributed by atoms with E-state index in [4.69, 9.17) is 0 Å². The summed E-state index contributed by atoms with van der Waals surface area (Å²) in [6.07, 6.45) is 2.70. The summed E-state index contributed by atoms with van der Waals surface area (Å²) >= 11 is 1.66. The zero-order valence-electron chi connectivity index (χ0n) is 8.23. The van der Waals surface area contributed by atoms with Gasteiger partial charge in [0.15, 0.2) is 0 Å². The van der Waals surface area contributed by atoms with Crippen molar-refractivity contribution in [3.63, 3.8) is 0 Å². The summed E-state index contributed by atoms with van der Waals surface area (Å²) in [4.78, 5) is 0. The Hall–Kier alpha value is 0.519. The average molecular weight is 294 g/mol. The van der Waals surface area contributed by atoms with Crippen LogP contribution in [0.4, 0.5) is 0 Å². The molecule has 0 nitrogen and oxygen atoms in total. The van der Waals surface area contributed by atoms with Gasteiger partial charge in [0.05, 0.1) is 0 Å². The van der Waals surface area contributed by atoms with Crippen LogP contribution in [0.3, 0.4) is 0 Å². The topological polar surface area (TPSA) is 0 Å². The molecule has 68 valence electrons. The van der Waals surface area contributed by atoms with Crippen LogP contribution in [-0.4, -0.2) is 26.3 Å². The van der Waals surface area contributed by atoms with Crippen LogP contribution in [0.25, 0.3) is 0 Å². The third-order valence-electron chi connectivity index (χ3n) is 1.94. The van der Waals surface area contributed by atoms with E-state index < -0.39 is 0 Å². The van der Waals surface area contributed by atoms with Gasteiger partial charge in [-0.05, 0) is 0 Å². The molecule has 2 heteroatoms. The number of allylic oxidation sites excluding steroid dienone is 4. The normalized spacial score (nSPS) is 18.0. The van der Waals surface area contributed by atoms with Gasteiger partial charge in [0.1, 0.15) is 0 Å². The monoisotopic (exact) mass is 296 g/mol. The fourth-order valence-corrected chi connectivity index (χ4v) is 10.6. The van der Waals surface area contributed by atoms with E-state index in [2.05, 4.69) is 27.7 Å². The van der Waals surface area contributed by atoms with Gasteiger partial charge in [0.25, 0.3) is 0 Å². The quantitative estimate of drug-likeness (QED) is 0.603. The van der Waals surface area contributed by atoms with E-state index in [1.54, 1.807) is 20.1 Å². The molecule has 0 unspecified atom stereocenters. The van der Waals surface area contributed by atoms with Crippen LogP contribution in [0.5, 0.6) is 0 Å². The molecule has 1 aliphatic rings. The molecule has 1 heterocycles. The molecule has 0 aromatic carbocycles. The van der Waals surface area contributed by atoms with Gasteiger partial charge in [0.2, 0.25) is 0 Å². The Labute approximate surface area is 86.8 Å². The van der Waals surface area contributed by atoms with Crippen molar-refractivity contribution in [2.24, 2.45) is 0 Å². The van der Waals surface area contributed by atoms with Gasteiger partial charge in [-0.1, -0.05) is 0 Å². The van der Waals surface area contributed by atoms with Gasteiger partial charge in [-0.3, -0.25) is 0 Å². The molecule has 0 aromatic heterocycles. The Morgan fingerprint density at radius 3 is 1.33 bits per heavy atom. The Morgan fingerprint density at radius 2 is 1.17 bits per heavy atom. The van der Waals surface area contributed by atoms with E-state index in [1.165, 1.54) is 12.8 Å². The Balaban J connectivity index is 2.63. The molecule has 1 saturated heterocycles. The third kappa shape index (κ3) is 2.78. The van der Waals surface area contributed by atoms with Crippen molar-refractivity contribution >= 4 is 26.3 Å².